The van der Waals surface area contributed by atoms with Gasteiger partial charge in [-0.25, -0.2) is 9.59 Å². The topological polar surface area (TPSA) is 52.6 Å². The zero-order valence-corrected chi connectivity index (χ0v) is 13.9. The molecule has 120 valence electrons. The highest BCUT2D eigenvalue weighted by Gasteiger charge is 2.14. The Kier molecular flexibility index (Phi) is 6.11. The molecule has 5 heteroatoms. The van der Waals surface area contributed by atoms with Gasteiger partial charge in [0.05, 0.1) is 24.3 Å². The molecule has 0 unspecified atom stereocenters. The molecule has 1 aromatic carbocycles. The smallest absolute Gasteiger partial charge is 0.338 e. The fraction of sp³-hybridized carbons (Fsp3) is 0.222. The van der Waals surface area contributed by atoms with Gasteiger partial charge >= 0.3 is 11.9 Å². The van der Waals surface area contributed by atoms with Crippen molar-refractivity contribution in [3.8, 4) is 0 Å². The second-order valence-corrected chi connectivity index (χ2v) is 5.41. The number of carbonyl (C=O) groups excluding carboxylic acids is 2. The quantitative estimate of drug-likeness (QED) is 0.742. The van der Waals surface area contributed by atoms with Crippen LogP contribution in [0.4, 0.5) is 0 Å². The monoisotopic (exact) mass is 330 g/mol. The van der Waals surface area contributed by atoms with E-state index < -0.39 is 11.9 Å². The SMILES string of the molecule is CCOC(=O)c1ccc(C(=O)OCC)c(/C=C/c2ccsc2)c1. The van der Waals surface area contributed by atoms with Crippen LogP contribution in [0.5, 0.6) is 0 Å². The van der Waals surface area contributed by atoms with E-state index in [0.717, 1.165) is 5.56 Å². The predicted molar refractivity (Wildman–Crippen MR) is 91.6 cm³/mol. The van der Waals surface area contributed by atoms with Crippen LogP contribution in [0.15, 0.2) is 35.0 Å². The molecule has 0 bridgehead atoms. The largest absolute Gasteiger partial charge is 0.462 e. The number of esters is 2. The summed E-state index contributed by atoms with van der Waals surface area (Å²) in [6.07, 6.45) is 3.69. The molecule has 0 amide bonds. The third kappa shape index (κ3) is 4.53. The Balaban J connectivity index is 2.38. The van der Waals surface area contributed by atoms with Crippen LogP contribution in [0.1, 0.15) is 45.7 Å². The Hall–Kier alpha value is -2.40. The molecular formula is C18H18O4S. The summed E-state index contributed by atoms with van der Waals surface area (Å²) in [6, 6.07) is 6.79. The zero-order valence-electron chi connectivity index (χ0n) is 13.1. The highest BCUT2D eigenvalue weighted by atomic mass is 32.1. The van der Waals surface area contributed by atoms with Crippen LogP contribution in [0, 0.1) is 0 Å². The van der Waals surface area contributed by atoms with Crippen LogP contribution in [0.2, 0.25) is 0 Å². The van der Waals surface area contributed by atoms with Gasteiger partial charge in [-0.3, -0.25) is 0 Å². The molecule has 0 spiro atoms. The van der Waals surface area contributed by atoms with Gasteiger partial charge in [0, 0.05) is 0 Å². The Labute approximate surface area is 139 Å². The molecule has 4 nitrogen and oxygen atoms in total. The summed E-state index contributed by atoms with van der Waals surface area (Å²) in [5, 5.41) is 3.97. The zero-order chi connectivity index (χ0) is 16.7. The third-order valence-corrected chi connectivity index (χ3v) is 3.76. The second-order valence-electron chi connectivity index (χ2n) is 4.63. The molecule has 0 aliphatic rings. The number of ether oxygens (including phenoxy) is 2. The van der Waals surface area contributed by atoms with Crippen molar-refractivity contribution in [2.45, 2.75) is 13.8 Å². The first-order valence-corrected chi connectivity index (χ1v) is 8.28. The molecule has 0 atom stereocenters. The van der Waals surface area contributed by atoms with Crippen LogP contribution in [0.25, 0.3) is 12.2 Å². The number of rotatable bonds is 6. The van der Waals surface area contributed by atoms with E-state index in [1.54, 1.807) is 49.5 Å². The Morgan fingerprint density at radius 3 is 2.43 bits per heavy atom. The molecule has 23 heavy (non-hydrogen) atoms. The lowest BCUT2D eigenvalue weighted by atomic mass is 10.0. The summed E-state index contributed by atoms with van der Waals surface area (Å²) in [7, 11) is 0. The van der Waals surface area contributed by atoms with Gasteiger partial charge in [0.15, 0.2) is 0 Å². The molecule has 0 fully saturated rings. The number of benzene rings is 1. The molecule has 0 radical (unpaired) electrons. The standard InChI is InChI=1S/C18H18O4S/c1-3-21-17(19)15-7-8-16(18(20)22-4-2)14(11-15)6-5-13-9-10-23-12-13/h5-12H,3-4H2,1-2H3/b6-5+. The minimum atomic E-state index is -0.409. The first-order valence-electron chi connectivity index (χ1n) is 7.34. The van der Waals surface area contributed by atoms with Gasteiger partial charge in [0.1, 0.15) is 0 Å². The van der Waals surface area contributed by atoms with E-state index in [2.05, 4.69) is 0 Å². The van der Waals surface area contributed by atoms with Gasteiger partial charge in [0.2, 0.25) is 0 Å². The Bertz CT molecular complexity index is 702. The van der Waals surface area contributed by atoms with E-state index in [4.69, 9.17) is 9.47 Å². The molecule has 2 rings (SSSR count). The van der Waals surface area contributed by atoms with Gasteiger partial charge in [-0.1, -0.05) is 12.2 Å². The van der Waals surface area contributed by atoms with Gasteiger partial charge in [-0.15, -0.1) is 0 Å². The fourth-order valence-corrected chi connectivity index (χ4v) is 2.62. The fourth-order valence-electron chi connectivity index (χ4n) is 1.99. The highest BCUT2D eigenvalue weighted by molar-refractivity contribution is 7.08. The van der Waals surface area contributed by atoms with Gasteiger partial charge in [-0.05, 0) is 60.0 Å². The van der Waals surface area contributed by atoms with Crippen molar-refractivity contribution in [1.82, 2.24) is 0 Å². The van der Waals surface area contributed by atoms with E-state index in [1.165, 1.54) is 0 Å². The lowest BCUT2D eigenvalue weighted by molar-refractivity contribution is 0.0511. The van der Waals surface area contributed by atoms with E-state index >= 15 is 0 Å². The van der Waals surface area contributed by atoms with Crippen LogP contribution < -0.4 is 0 Å². The summed E-state index contributed by atoms with van der Waals surface area (Å²) < 4.78 is 10.1. The van der Waals surface area contributed by atoms with Crippen LogP contribution in [0.3, 0.4) is 0 Å². The van der Waals surface area contributed by atoms with Crippen molar-refractivity contribution in [3.63, 3.8) is 0 Å². The summed E-state index contributed by atoms with van der Waals surface area (Å²) in [5.41, 5.74) is 2.49. The number of hydrogen-bond acceptors (Lipinski definition) is 5. The molecule has 1 heterocycles. The average Bonchev–Trinajstić information content (AvgIpc) is 3.06. The van der Waals surface area contributed by atoms with Crippen molar-refractivity contribution in [2.24, 2.45) is 0 Å². The summed E-state index contributed by atoms with van der Waals surface area (Å²) >= 11 is 1.59. The lowest BCUT2D eigenvalue weighted by Crippen LogP contribution is -2.09. The Morgan fingerprint density at radius 2 is 1.78 bits per heavy atom. The molecule has 0 aliphatic heterocycles. The van der Waals surface area contributed by atoms with Crippen LogP contribution in [-0.2, 0) is 9.47 Å². The Morgan fingerprint density at radius 1 is 1.04 bits per heavy atom. The van der Waals surface area contributed by atoms with Crippen molar-refractivity contribution in [3.05, 3.63) is 57.3 Å². The van der Waals surface area contributed by atoms with E-state index in [0.29, 0.717) is 29.9 Å². The first-order chi connectivity index (χ1) is 11.2. The van der Waals surface area contributed by atoms with E-state index in [-0.39, 0.29) is 0 Å². The third-order valence-electron chi connectivity index (χ3n) is 3.06. The summed E-state index contributed by atoms with van der Waals surface area (Å²) in [5.74, 6) is -0.819. The molecule has 0 N–H and O–H groups in total. The van der Waals surface area contributed by atoms with Crippen LogP contribution >= 0.6 is 11.3 Å². The van der Waals surface area contributed by atoms with Gasteiger partial charge in [-0.2, -0.15) is 11.3 Å². The molecule has 0 saturated carbocycles. The normalized spacial score (nSPS) is 10.7. The lowest BCUT2D eigenvalue weighted by Gasteiger charge is -2.08. The van der Waals surface area contributed by atoms with Crippen molar-refractivity contribution >= 4 is 35.4 Å². The number of hydrogen-bond donors (Lipinski definition) is 0. The van der Waals surface area contributed by atoms with Gasteiger partial charge in [0.25, 0.3) is 0 Å². The maximum atomic E-state index is 12.1. The number of thiophene rings is 1. The second kappa shape index (κ2) is 8.29. The molecule has 0 aliphatic carbocycles. The summed E-state index contributed by atoms with van der Waals surface area (Å²) in [6.45, 7) is 4.11. The first kappa shape index (κ1) is 17.0. The minimum absolute atomic E-state index is 0.298. The number of carbonyl (C=O) groups is 2. The summed E-state index contributed by atoms with van der Waals surface area (Å²) in [4.78, 5) is 23.9. The van der Waals surface area contributed by atoms with Crippen molar-refractivity contribution in [2.75, 3.05) is 13.2 Å². The predicted octanol–water partition coefficient (Wildman–Crippen LogP) is 4.27. The van der Waals surface area contributed by atoms with Crippen molar-refractivity contribution in [1.29, 1.82) is 0 Å². The molecule has 0 saturated heterocycles. The van der Waals surface area contributed by atoms with Crippen LogP contribution in [-0.4, -0.2) is 25.2 Å². The highest BCUT2D eigenvalue weighted by Crippen LogP contribution is 2.18. The minimum Gasteiger partial charge on any atom is -0.462 e. The van der Waals surface area contributed by atoms with E-state index in [1.807, 2.05) is 22.9 Å². The average molecular weight is 330 g/mol. The van der Waals surface area contributed by atoms with E-state index in [9.17, 15) is 9.59 Å². The maximum absolute atomic E-state index is 12.1. The van der Waals surface area contributed by atoms with Gasteiger partial charge < -0.3 is 9.47 Å². The molecular weight excluding hydrogens is 312 g/mol. The molecule has 2 aromatic rings. The van der Waals surface area contributed by atoms with Crippen molar-refractivity contribution < 1.29 is 19.1 Å². The maximum Gasteiger partial charge on any atom is 0.338 e. The molecule has 1 aromatic heterocycles.